The number of furan rings is 1. The number of carbonyl (C=O) groups is 2. The third-order valence-corrected chi connectivity index (χ3v) is 5.21. The summed E-state index contributed by atoms with van der Waals surface area (Å²) >= 11 is 1.05. The van der Waals surface area contributed by atoms with Crippen LogP contribution < -0.4 is 9.64 Å². The summed E-state index contributed by atoms with van der Waals surface area (Å²) < 4.78 is 10.5. The van der Waals surface area contributed by atoms with Crippen molar-refractivity contribution in [3.63, 3.8) is 0 Å². The van der Waals surface area contributed by atoms with Gasteiger partial charge in [-0.3, -0.25) is 14.5 Å². The Hall–Kier alpha value is -3.66. The Morgan fingerprint density at radius 2 is 2.07 bits per heavy atom. The Labute approximate surface area is 168 Å². The number of aliphatic hydroxyl groups excluding tert-OH is 1. The maximum atomic E-state index is 13.1. The average Bonchev–Trinajstić information content (AvgIpc) is 3.43. The number of para-hydroxylation sites is 1. The molecule has 148 valence electrons. The molecule has 2 N–H and O–H groups in total. The molecule has 1 amide bonds. The summed E-state index contributed by atoms with van der Waals surface area (Å²) in [4.78, 5) is 27.1. The second-order valence-corrected chi connectivity index (χ2v) is 7.01. The molecule has 0 bridgehead atoms. The van der Waals surface area contributed by atoms with Crippen LogP contribution in [0.1, 0.15) is 27.9 Å². The van der Waals surface area contributed by atoms with Crippen molar-refractivity contribution in [1.82, 2.24) is 10.2 Å². The number of carbonyl (C=O) groups excluding carboxylic acids is 2. The van der Waals surface area contributed by atoms with Crippen molar-refractivity contribution in [2.45, 2.75) is 13.0 Å². The number of aromatic nitrogens is 2. The number of methoxy groups -OCH3 is 1. The molecule has 3 heterocycles. The van der Waals surface area contributed by atoms with E-state index in [9.17, 15) is 19.8 Å². The largest absolute Gasteiger partial charge is 0.504 e. The van der Waals surface area contributed by atoms with Crippen LogP contribution in [-0.2, 0) is 4.79 Å². The fourth-order valence-electron chi connectivity index (χ4n) is 3.21. The van der Waals surface area contributed by atoms with E-state index in [0.29, 0.717) is 5.76 Å². The molecular formula is C19H15N3O6S. The summed E-state index contributed by atoms with van der Waals surface area (Å²) in [5.41, 5.74) is 1.37. The molecule has 1 atom stereocenters. The van der Waals surface area contributed by atoms with Gasteiger partial charge in [0.25, 0.3) is 5.91 Å². The van der Waals surface area contributed by atoms with Gasteiger partial charge in [0.15, 0.2) is 23.0 Å². The lowest BCUT2D eigenvalue weighted by atomic mass is 9.94. The Bertz CT molecular complexity index is 1130. The molecule has 0 spiro atoms. The standard InChI is InChI=1S/C19H15N3O6S/c1-9-6-7-12(28-9)16(24)13-14(10-4-3-5-11(27-2)15(10)23)22(18(26)17(13)25)19-21-20-8-29-19/h3-8,14,23,25H,1-2H3. The van der Waals surface area contributed by atoms with E-state index < -0.39 is 23.5 Å². The molecule has 3 aromatic rings. The number of phenols is 1. The number of aliphatic hydroxyl groups is 1. The highest BCUT2D eigenvalue weighted by atomic mass is 32.1. The normalized spacial score (nSPS) is 16.6. The SMILES string of the molecule is COc1cccc(C2C(C(=O)c3ccc(C)o3)=C(O)C(=O)N2c2nncs2)c1O. The summed E-state index contributed by atoms with van der Waals surface area (Å²) in [7, 11) is 1.38. The molecule has 4 rings (SSSR count). The zero-order valence-electron chi connectivity index (χ0n) is 15.3. The van der Waals surface area contributed by atoms with Crippen LogP contribution in [0.2, 0.25) is 0 Å². The Morgan fingerprint density at radius 1 is 1.28 bits per heavy atom. The van der Waals surface area contributed by atoms with Gasteiger partial charge >= 0.3 is 0 Å². The quantitative estimate of drug-likeness (QED) is 0.612. The second kappa shape index (κ2) is 7.06. The maximum Gasteiger partial charge on any atom is 0.296 e. The van der Waals surface area contributed by atoms with E-state index in [1.54, 1.807) is 19.1 Å². The molecule has 0 saturated heterocycles. The number of hydrogen-bond acceptors (Lipinski definition) is 9. The fourth-order valence-corrected chi connectivity index (χ4v) is 3.80. The van der Waals surface area contributed by atoms with Crippen LogP contribution in [0.15, 0.2) is 51.6 Å². The van der Waals surface area contributed by atoms with E-state index in [-0.39, 0.29) is 33.5 Å². The van der Waals surface area contributed by atoms with Gasteiger partial charge in [0.2, 0.25) is 10.9 Å². The van der Waals surface area contributed by atoms with Crippen molar-refractivity contribution in [1.29, 1.82) is 0 Å². The summed E-state index contributed by atoms with van der Waals surface area (Å²) in [6, 6.07) is 6.57. The van der Waals surface area contributed by atoms with Gasteiger partial charge in [-0.1, -0.05) is 23.5 Å². The van der Waals surface area contributed by atoms with E-state index in [2.05, 4.69) is 10.2 Å². The lowest BCUT2D eigenvalue weighted by molar-refractivity contribution is -0.117. The molecule has 9 nitrogen and oxygen atoms in total. The summed E-state index contributed by atoms with van der Waals surface area (Å²) in [6.45, 7) is 1.67. The first-order valence-corrected chi connectivity index (χ1v) is 9.31. The molecule has 0 fully saturated rings. The van der Waals surface area contributed by atoms with Crippen molar-refractivity contribution in [2.75, 3.05) is 12.0 Å². The molecule has 10 heteroatoms. The molecule has 1 aromatic carbocycles. The second-order valence-electron chi connectivity index (χ2n) is 6.20. The number of anilines is 1. The number of aryl methyl sites for hydroxylation is 1. The van der Waals surface area contributed by atoms with E-state index in [4.69, 9.17) is 9.15 Å². The van der Waals surface area contributed by atoms with Gasteiger partial charge < -0.3 is 19.4 Å². The number of hydrogen-bond donors (Lipinski definition) is 2. The first-order chi connectivity index (χ1) is 13.9. The molecular weight excluding hydrogens is 398 g/mol. The van der Waals surface area contributed by atoms with Gasteiger partial charge in [0.05, 0.1) is 12.7 Å². The monoisotopic (exact) mass is 413 g/mol. The van der Waals surface area contributed by atoms with Crippen LogP contribution in [0.5, 0.6) is 11.5 Å². The first-order valence-electron chi connectivity index (χ1n) is 8.44. The van der Waals surface area contributed by atoms with Crippen molar-refractivity contribution >= 4 is 28.2 Å². The van der Waals surface area contributed by atoms with Gasteiger partial charge in [0, 0.05) is 5.56 Å². The molecule has 1 aliphatic rings. The lowest BCUT2D eigenvalue weighted by Crippen LogP contribution is -2.31. The number of rotatable bonds is 5. The van der Waals surface area contributed by atoms with Crippen LogP contribution >= 0.6 is 11.3 Å². The lowest BCUT2D eigenvalue weighted by Gasteiger charge is -2.25. The Kier molecular flexibility index (Phi) is 4.55. The van der Waals surface area contributed by atoms with Gasteiger partial charge in [0.1, 0.15) is 17.3 Å². The van der Waals surface area contributed by atoms with Crippen molar-refractivity contribution in [2.24, 2.45) is 0 Å². The van der Waals surface area contributed by atoms with Gasteiger partial charge in [-0.25, -0.2) is 0 Å². The van der Waals surface area contributed by atoms with E-state index in [1.165, 1.54) is 30.8 Å². The number of benzene rings is 1. The predicted octanol–water partition coefficient (Wildman–Crippen LogP) is 2.94. The van der Waals surface area contributed by atoms with Crippen LogP contribution in [0.25, 0.3) is 0 Å². The van der Waals surface area contributed by atoms with Crippen LogP contribution in [0, 0.1) is 6.92 Å². The highest BCUT2D eigenvalue weighted by Gasteiger charge is 2.47. The number of Topliss-reactive ketones (excluding diaryl/α,β-unsaturated/α-hetero) is 1. The molecule has 0 aliphatic carbocycles. The maximum absolute atomic E-state index is 13.1. The highest BCUT2D eigenvalue weighted by molar-refractivity contribution is 7.13. The fraction of sp³-hybridized carbons (Fsp3) is 0.158. The van der Waals surface area contributed by atoms with Crippen LogP contribution in [0.4, 0.5) is 5.13 Å². The minimum absolute atomic E-state index is 0.0386. The molecule has 1 aliphatic heterocycles. The first kappa shape index (κ1) is 18.7. The number of amides is 1. The Morgan fingerprint density at radius 3 is 2.69 bits per heavy atom. The number of nitrogens with zero attached hydrogens (tertiary/aromatic N) is 3. The van der Waals surface area contributed by atoms with Gasteiger partial charge in [-0.05, 0) is 25.1 Å². The van der Waals surface area contributed by atoms with E-state index >= 15 is 0 Å². The van der Waals surface area contributed by atoms with Crippen LogP contribution in [-0.4, -0.2) is 39.2 Å². The minimum atomic E-state index is -1.15. The molecule has 1 unspecified atom stereocenters. The number of aromatic hydroxyl groups is 1. The van der Waals surface area contributed by atoms with E-state index in [0.717, 1.165) is 16.2 Å². The van der Waals surface area contributed by atoms with Crippen molar-refractivity contribution < 1.29 is 29.0 Å². The number of ketones is 1. The molecule has 29 heavy (non-hydrogen) atoms. The third kappa shape index (κ3) is 2.93. The van der Waals surface area contributed by atoms with Crippen molar-refractivity contribution in [3.05, 3.63) is 64.3 Å². The van der Waals surface area contributed by atoms with E-state index in [1.807, 2.05) is 0 Å². The summed E-state index contributed by atoms with van der Waals surface area (Å²) in [6.07, 6.45) is 0. The van der Waals surface area contributed by atoms with Crippen LogP contribution in [0.3, 0.4) is 0 Å². The smallest absolute Gasteiger partial charge is 0.296 e. The third-order valence-electron chi connectivity index (χ3n) is 4.52. The molecule has 0 radical (unpaired) electrons. The average molecular weight is 413 g/mol. The van der Waals surface area contributed by atoms with Crippen molar-refractivity contribution in [3.8, 4) is 11.5 Å². The minimum Gasteiger partial charge on any atom is -0.504 e. The van der Waals surface area contributed by atoms with Gasteiger partial charge in [-0.15, -0.1) is 10.2 Å². The number of ether oxygens (including phenoxy) is 1. The number of phenolic OH excluding ortho intramolecular Hbond substituents is 1. The Balaban J connectivity index is 1.92. The summed E-state index contributed by atoms with van der Waals surface area (Å²) in [5, 5.41) is 29.0. The molecule has 2 aromatic heterocycles. The predicted molar refractivity (Wildman–Crippen MR) is 102 cm³/mol. The zero-order valence-corrected chi connectivity index (χ0v) is 16.1. The summed E-state index contributed by atoms with van der Waals surface area (Å²) in [5.74, 6) is -1.91. The van der Waals surface area contributed by atoms with Gasteiger partial charge in [-0.2, -0.15) is 0 Å². The zero-order chi connectivity index (χ0) is 20.7. The topological polar surface area (TPSA) is 126 Å². The molecule has 0 saturated carbocycles. The highest BCUT2D eigenvalue weighted by Crippen LogP contribution is 2.46.